The highest BCUT2D eigenvalue weighted by atomic mass is 35.5. The number of aliphatic imine (C=N–C) groups is 1. The highest BCUT2D eigenvalue weighted by Gasteiger charge is 2.26. The quantitative estimate of drug-likeness (QED) is 0.215. The zero-order valence-corrected chi connectivity index (χ0v) is 21.7. The molecule has 3 aromatic carbocycles. The van der Waals surface area contributed by atoms with E-state index in [-0.39, 0.29) is 18.0 Å². The molecular weight excluding hydrogens is 496 g/mol. The first kappa shape index (κ1) is 25.7. The molecule has 4 rings (SSSR count). The van der Waals surface area contributed by atoms with Gasteiger partial charge in [0, 0.05) is 11.6 Å². The molecule has 0 unspecified atom stereocenters. The van der Waals surface area contributed by atoms with Crippen LogP contribution in [0.4, 0.5) is 5.69 Å². The lowest BCUT2D eigenvalue weighted by atomic mass is 10.2. The molecule has 0 aliphatic heterocycles. The Hall–Kier alpha value is -3.39. The Morgan fingerprint density at radius 1 is 0.917 bits per heavy atom. The van der Waals surface area contributed by atoms with E-state index >= 15 is 0 Å². The van der Waals surface area contributed by atoms with Crippen LogP contribution in [0.1, 0.15) is 29.6 Å². The molecule has 6 nitrogen and oxygen atoms in total. The van der Waals surface area contributed by atoms with Crippen LogP contribution >= 0.6 is 11.6 Å². The summed E-state index contributed by atoms with van der Waals surface area (Å²) in [6, 6.07) is 24.9. The zero-order valence-electron chi connectivity index (χ0n) is 20.1. The molecule has 0 amide bonds. The highest BCUT2D eigenvalue weighted by Crippen LogP contribution is 2.24. The van der Waals surface area contributed by atoms with Gasteiger partial charge in [0.25, 0.3) is 0 Å². The number of rotatable bonds is 10. The topological polar surface area (TPSA) is 72.1 Å². The maximum atomic E-state index is 13.5. The molecule has 36 heavy (non-hydrogen) atoms. The summed E-state index contributed by atoms with van der Waals surface area (Å²) in [5, 5.41) is 0.592. The first-order valence-corrected chi connectivity index (χ1v) is 13.3. The molecule has 0 radical (unpaired) electrons. The van der Waals surface area contributed by atoms with Crippen LogP contribution in [0.15, 0.2) is 99.2 Å². The van der Waals surface area contributed by atoms with Gasteiger partial charge in [-0.3, -0.25) is 4.99 Å². The SMILES string of the molecule is CCOc1ccc(N=Cc2ccc(CN(Cc3ccc(Cl)cc3)S(=O)(=O)c3ccc(C)cc3)o2)cc1. The van der Waals surface area contributed by atoms with Crippen molar-refractivity contribution in [3.63, 3.8) is 0 Å². The summed E-state index contributed by atoms with van der Waals surface area (Å²) in [4.78, 5) is 4.66. The molecule has 0 aliphatic rings. The van der Waals surface area contributed by atoms with E-state index in [1.54, 1.807) is 54.7 Å². The van der Waals surface area contributed by atoms with E-state index in [1.165, 1.54) is 4.31 Å². The summed E-state index contributed by atoms with van der Waals surface area (Å²) in [7, 11) is -3.78. The number of halogens is 1. The Morgan fingerprint density at radius 2 is 1.61 bits per heavy atom. The molecule has 0 aliphatic carbocycles. The molecule has 8 heteroatoms. The Kier molecular flexibility index (Phi) is 8.25. The standard InChI is InChI=1S/C28H27ClN2O4S/c1-3-34-25-12-10-24(11-13-25)30-18-26-14-15-27(35-26)20-31(19-22-6-8-23(29)9-7-22)36(32,33)28-16-4-21(2)5-17-28/h4-18H,3,19-20H2,1-2H3. The van der Waals surface area contributed by atoms with Crippen LogP contribution in [0.3, 0.4) is 0 Å². The summed E-state index contributed by atoms with van der Waals surface area (Å²) in [5.41, 5.74) is 2.56. The maximum absolute atomic E-state index is 13.5. The normalized spacial score (nSPS) is 11.9. The van der Waals surface area contributed by atoms with E-state index in [2.05, 4.69) is 4.99 Å². The fourth-order valence-electron chi connectivity index (χ4n) is 3.53. The van der Waals surface area contributed by atoms with Crippen LogP contribution in [0.5, 0.6) is 5.75 Å². The van der Waals surface area contributed by atoms with Gasteiger partial charge in [0.1, 0.15) is 17.3 Å². The summed E-state index contributed by atoms with van der Waals surface area (Å²) >= 11 is 6.01. The number of furan rings is 1. The molecule has 1 heterocycles. The van der Waals surface area contributed by atoms with E-state index in [9.17, 15) is 8.42 Å². The van der Waals surface area contributed by atoms with Gasteiger partial charge in [-0.05, 0) is 80.1 Å². The van der Waals surface area contributed by atoms with E-state index in [1.807, 2.05) is 50.2 Å². The Morgan fingerprint density at radius 3 is 2.28 bits per heavy atom. The highest BCUT2D eigenvalue weighted by molar-refractivity contribution is 7.89. The summed E-state index contributed by atoms with van der Waals surface area (Å²) in [5.74, 6) is 1.82. The summed E-state index contributed by atoms with van der Waals surface area (Å²) in [6.07, 6.45) is 1.61. The van der Waals surface area contributed by atoms with E-state index in [0.717, 1.165) is 22.6 Å². The predicted molar refractivity (Wildman–Crippen MR) is 143 cm³/mol. The third-order valence-electron chi connectivity index (χ3n) is 5.43. The predicted octanol–water partition coefficient (Wildman–Crippen LogP) is 6.78. The fourth-order valence-corrected chi connectivity index (χ4v) is 5.05. The molecule has 0 atom stereocenters. The Bertz CT molecular complexity index is 1410. The van der Waals surface area contributed by atoms with Gasteiger partial charge in [0.2, 0.25) is 10.0 Å². The average molecular weight is 523 g/mol. The minimum Gasteiger partial charge on any atom is -0.494 e. The summed E-state index contributed by atoms with van der Waals surface area (Å²) in [6.45, 7) is 4.69. The van der Waals surface area contributed by atoms with E-state index < -0.39 is 10.0 Å². The third kappa shape index (κ3) is 6.63. The summed E-state index contributed by atoms with van der Waals surface area (Å²) < 4.78 is 39.8. The molecule has 0 N–H and O–H groups in total. The van der Waals surface area contributed by atoms with E-state index in [0.29, 0.717) is 23.2 Å². The van der Waals surface area contributed by atoms with Crippen molar-refractivity contribution in [2.45, 2.75) is 31.8 Å². The lowest BCUT2D eigenvalue weighted by molar-refractivity contribution is 0.340. The molecular formula is C28H27ClN2O4S. The van der Waals surface area contributed by atoms with Gasteiger partial charge in [-0.2, -0.15) is 4.31 Å². The number of sulfonamides is 1. The van der Waals surface area contributed by atoms with Crippen molar-refractivity contribution >= 4 is 33.5 Å². The lowest BCUT2D eigenvalue weighted by Crippen LogP contribution is -2.30. The Balaban J connectivity index is 1.54. The molecule has 0 saturated carbocycles. The van der Waals surface area contributed by atoms with Crippen molar-refractivity contribution in [1.29, 1.82) is 0 Å². The van der Waals surface area contributed by atoms with Crippen LogP contribution in [0.2, 0.25) is 5.02 Å². The first-order valence-electron chi connectivity index (χ1n) is 11.5. The molecule has 186 valence electrons. The van der Waals surface area contributed by atoms with Crippen molar-refractivity contribution in [3.8, 4) is 5.75 Å². The number of aryl methyl sites for hydroxylation is 1. The number of ether oxygens (including phenoxy) is 1. The van der Waals surface area contributed by atoms with E-state index in [4.69, 9.17) is 20.8 Å². The van der Waals surface area contributed by atoms with Crippen molar-refractivity contribution in [2.75, 3.05) is 6.61 Å². The monoisotopic (exact) mass is 522 g/mol. The van der Waals surface area contributed by atoms with Crippen molar-refractivity contribution < 1.29 is 17.6 Å². The van der Waals surface area contributed by atoms with Crippen molar-refractivity contribution in [3.05, 3.63) is 113 Å². The van der Waals surface area contributed by atoms with Gasteiger partial charge in [-0.1, -0.05) is 41.4 Å². The molecule has 1 aromatic heterocycles. The smallest absolute Gasteiger partial charge is 0.243 e. The van der Waals surface area contributed by atoms with Gasteiger partial charge in [0.05, 0.1) is 29.9 Å². The first-order chi connectivity index (χ1) is 17.3. The largest absolute Gasteiger partial charge is 0.494 e. The minimum absolute atomic E-state index is 0.0652. The number of hydrogen-bond donors (Lipinski definition) is 0. The lowest BCUT2D eigenvalue weighted by Gasteiger charge is -2.21. The third-order valence-corrected chi connectivity index (χ3v) is 7.49. The minimum atomic E-state index is -3.78. The second kappa shape index (κ2) is 11.6. The van der Waals surface area contributed by atoms with Gasteiger partial charge in [-0.15, -0.1) is 0 Å². The van der Waals surface area contributed by atoms with Gasteiger partial charge >= 0.3 is 0 Å². The van der Waals surface area contributed by atoms with Crippen molar-refractivity contribution in [2.24, 2.45) is 4.99 Å². The zero-order chi connectivity index (χ0) is 25.5. The number of hydrogen-bond acceptors (Lipinski definition) is 5. The Labute approximate surface area is 216 Å². The molecule has 0 spiro atoms. The van der Waals surface area contributed by atoms with Crippen LogP contribution in [-0.4, -0.2) is 25.5 Å². The average Bonchev–Trinajstić information content (AvgIpc) is 3.32. The molecule has 0 saturated heterocycles. The van der Waals surface area contributed by atoms with Crippen LogP contribution in [0, 0.1) is 6.92 Å². The van der Waals surface area contributed by atoms with Gasteiger partial charge in [0.15, 0.2) is 0 Å². The second-order valence-corrected chi connectivity index (χ2v) is 10.6. The molecule has 0 fully saturated rings. The molecule has 0 bridgehead atoms. The van der Waals surface area contributed by atoms with Gasteiger partial charge < -0.3 is 9.15 Å². The second-order valence-electron chi connectivity index (χ2n) is 8.20. The fraction of sp³-hybridized carbons (Fsp3) is 0.179. The molecule has 4 aromatic rings. The van der Waals surface area contributed by atoms with Crippen LogP contribution in [-0.2, 0) is 23.1 Å². The van der Waals surface area contributed by atoms with Crippen molar-refractivity contribution in [1.82, 2.24) is 4.31 Å². The number of nitrogens with zero attached hydrogens (tertiary/aromatic N) is 2. The van der Waals surface area contributed by atoms with Gasteiger partial charge in [-0.25, -0.2) is 8.42 Å². The van der Waals surface area contributed by atoms with Crippen LogP contribution < -0.4 is 4.74 Å². The maximum Gasteiger partial charge on any atom is 0.243 e. The number of benzene rings is 3. The van der Waals surface area contributed by atoms with Crippen LogP contribution in [0.25, 0.3) is 0 Å².